The number of pyridine rings is 1. The summed E-state index contributed by atoms with van der Waals surface area (Å²) in [6, 6.07) is 7.22. The molecule has 0 saturated heterocycles. The summed E-state index contributed by atoms with van der Waals surface area (Å²) < 4.78 is 24.3. The average Bonchev–Trinajstić information content (AvgIpc) is 3.41. The van der Waals surface area contributed by atoms with Crippen LogP contribution < -0.4 is 10.1 Å². The van der Waals surface area contributed by atoms with E-state index in [1.165, 1.54) is 23.5 Å². The number of aryl methyl sites for hydroxylation is 2. The third-order valence-corrected chi connectivity index (χ3v) is 8.96. The van der Waals surface area contributed by atoms with Crippen LogP contribution in [0.4, 0.5) is 16.0 Å². The Morgan fingerprint density at radius 1 is 1.24 bits per heavy atom. The summed E-state index contributed by atoms with van der Waals surface area (Å²) >= 11 is 5.09. The van der Waals surface area contributed by atoms with Gasteiger partial charge in [0, 0.05) is 45.9 Å². The molecule has 0 aliphatic carbocycles. The van der Waals surface area contributed by atoms with E-state index in [2.05, 4.69) is 37.6 Å². The summed E-state index contributed by atoms with van der Waals surface area (Å²) in [5, 5.41) is 12.9. The molecule has 7 nitrogen and oxygen atoms in total. The number of thioether (sulfide) groups is 1. The van der Waals surface area contributed by atoms with Gasteiger partial charge in [-0.15, -0.1) is 11.8 Å². The van der Waals surface area contributed by atoms with Gasteiger partial charge in [-0.1, -0.05) is 11.8 Å². The van der Waals surface area contributed by atoms with Crippen molar-refractivity contribution in [3.05, 3.63) is 53.7 Å². The molecule has 1 unspecified atom stereocenters. The predicted molar refractivity (Wildman–Crippen MR) is 148 cm³/mol. The Kier molecular flexibility index (Phi) is 8.06. The first-order chi connectivity index (χ1) is 16.3. The zero-order valence-electron chi connectivity index (χ0n) is 19.2. The van der Waals surface area contributed by atoms with Crippen molar-refractivity contribution in [3.63, 3.8) is 0 Å². The van der Waals surface area contributed by atoms with Crippen LogP contribution in [0.15, 0.2) is 51.5 Å². The van der Waals surface area contributed by atoms with Crippen molar-refractivity contribution in [2.24, 2.45) is 7.05 Å². The SMILES string of the molecule is COc1c(Nc2cc(C)n(PI)n2)nc(Sc2ccc(SC)cc2F)c(C)c1-c1cnn(C)c1. The number of benzene rings is 1. The number of rotatable bonds is 8. The molecule has 4 aromatic rings. The van der Waals surface area contributed by atoms with Gasteiger partial charge in [0.1, 0.15) is 10.8 Å². The number of anilines is 2. The van der Waals surface area contributed by atoms with Crippen LogP contribution in [-0.4, -0.2) is 37.7 Å². The first kappa shape index (κ1) is 25.3. The van der Waals surface area contributed by atoms with Crippen LogP contribution in [-0.2, 0) is 7.05 Å². The van der Waals surface area contributed by atoms with Crippen molar-refractivity contribution in [1.82, 2.24) is 24.3 Å². The highest BCUT2D eigenvalue weighted by Crippen LogP contribution is 2.44. The van der Waals surface area contributed by atoms with E-state index in [1.54, 1.807) is 30.1 Å². The first-order valence-corrected chi connectivity index (χ1v) is 16.2. The summed E-state index contributed by atoms with van der Waals surface area (Å²) in [5.74, 6) is 1.48. The molecule has 0 fully saturated rings. The van der Waals surface area contributed by atoms with E-state index in [0.29, 0.717) is 33.7 Å². The minimum Gasteiger partial charge on any atom is -0.492 e. The number of hydrogen-bond donors (Lipinski definition) is 1. The van der Waals surface area contributed by atoms with Crippen molar-refractivity contribution in [1.29, 1.82) is 0 Å². The van der Waals surface area contributed by atoms with Gasteiger partial charge in [-0.2, -0.15) is 10.2 Å². The summed E-state index contributed by atoms with van der Waals surface area (Å²) in [4.78, 5) is 6.24. The zero-order valence-corrected chi connectivity index (χ0v) is 24.0. The summed E-state index contributed by atoms with van der Waals surface area (Å²) in [7, 11) is 3.48. The molecule has 34 heavy (non-hydrogen) atoms. The van der Waals surface area contributed by atoms with Gasteiger partial charge in [0.25, 0.3) is 0 Å². The highest BCUT2D eigenvalue weighted by Gasteiger charge is 2.23. The second-order valence-electron chi connectivity index (χ2n) is 7.39. The van der Waals surface area contributed by atoms with E-state index in [0.717, 1.165) is 27.3 Å². The Morgan fingerprint density at radius 3 is 2.62 bits per heavy atom. The Morgan fingerprint density at radius 2 is 2.03 bits per heavy atom. The molecule has 4 rings (SSSR count). The van der Waals surface area contributed by atoms with Crippen LogP contribution in [0.25, 0.3) is 11.1 Å². The number of ether oxygens (including phenoxy) is 1. The fourth-order valence-corrected chi connectivity index (χ4v) is 6.58. The van der Waals surface area contributed by atoms with Crippen molar-refractivity contribution < 1.29 is 9.13 Å². The molecule has 0 bridgehead atoms. The van der Waals surface area contributed by atoms with Crippen LogP contribution in [0.2, 0.25) is 0 Å². The maximum Gasteiger partial charge on any atom is 0.176 e. The number of halogens is 2. The monoisotopic (exact) mass is 628 g/mol. The number of methoxy groups -OCH3 is 1. The van der Waals surface area contributed by atoms with Crippen LogP contribution in [0, 0.1) is 19.7 Å². The summed E-state index contributed by atoms with van der Waals surface area (Å²) in [6.45, 7) is 3.97. The van der Waals surface area contributed by atoms with Gasteiger partial charge in [0.15, 0.2) is 17.4 Å². The van der Waals surface area contributed by atoms with Gasteiger partial charge in [0.2, 0.25) is 0 Å². The highest BCUT2D eigenvalue weighted by atomic mass is 127. The number of nitrogens with zero attached hydrogens (tertiary/aromatic N) is 5. The van der Waals surface area contributed by atoms with E-state index in [1.807, 2.05) is 49.9 Å². The topological polar surface area (TPSA) is 69.8 Å². The molecule has 1 N–H and O–H groups in total. The molecule has 0 aliphatic heterocycles. The normalized spacial score (nSPS) is 11.5. The van der Waals surface area contributed by atoms with E-state index >= 15 is 0 Å². The Labute approximate surface area is 221 Å². The Bertz CT molecular complexity index is 1350. The van der Waals surface area contributed by atoms with Gasteiger partial charge >= 0.3 is 0 Å². The second kappa shape index (κ2) is 10.8. The molecule has 1 atom stereocenters. The van der Waals surface area contributed by atoms with Crippen LogP contribution in [0.1, 0.15) is 11.3 Å². The lowest BCUT2D eigenvalue weighted by Crippen LogP contribution is -2.04. The standard InChI is InChI=1S/C22H23FIN6OPS2/c1-12-8-18(28-30(12)32-24)26-21-20(31-4)19(14-10-25-29(3)11-14)13(2)22(27-21)34-17-7-6-15(33-5)9-16(17)23/h6-11,32H,1-5H3,(H,26,27,28). The van der Waals surface area contributed by atoms with Gasteiger partial charge in [-0.3, -0.25) is 4.68 Å². The molecular formula is C22H23FIN6OPS2. The molecule has 178 valence electrons. The fraction of sp³-hybridized carbons (Fsp3) is 0.227. The molecule has 1 aromatic carbocycles. The van der Waals surface area contributed by atoms with Gasteiger partial charge in [-0.25, -0.2) is 13.8 Å². The first-order valence-electron chi connectivity index (χ1n) is 10.1. The molecule has 3 aromatic heterocycles. The van der Waals surface area contributed by atoms with E-state index in [4.69, 9.17) is 9.72 Å². The molecule has 0 amide bonds. The molecule has 0 radical (unpaired) electrons. The van der Waals surface area contributed by atoms with Crippen molar-refractivity contribution in [2.45, 2.75) is 28.7 Å². The van der Waals surface area contributed by atoms with Gasteiger partial charge in [0.05, 0.1) is 19.7 Å². The van der Waals surface area contributed by atoms with E-state index in [9.17, 15) is 4.39 Å². The molecule has 0 saturated carbocycles. The largest absolute Gasteiger partial charge is 0.492 e. The lowest BCUT2D eigenvalue weighted by Gasteiger charge is -2.18. The van der Waals surface area contributed by atoms with Crippen LogP contribution >= 0.6 is 51.9 Å². The minimum absolute atomic E-state index is 0.274. The highest BCUT2D eigenvalue weighted by molar-refractivity contribution is 14.2. The Balaban J connectivity index is 1.85. The van der Waals surface area contributed by atoms with Gasteiger partial charge in [-0.05, 0) is 65.9 Å². The van der Waals surface area contributed by atoms with Crippen molar-refractivity contribution in [3.8, 4) is 16.9 Å². The number of aromatic nitrogens is 5. The summed E-state index contributed by atoms with van der Waals surface area (Å²) in [5.41, 5.74) is 3.66. The average molecular weight is 628 g/mol. The van der Waals surface area contributed by atoms with Crippen LogP contribution in [0.3, 0.4) is 0 Å². The maximum atomic E-state index is 14.8. The summed E-state index contributed by atoms with van der Waals surface area (Å²) in [6.07, 6.45) is 6.12. The second-order valence-corrected chi connectivity index (χ2v) is 11.3. The fourth-order valence-electron chi connectivity index (χ4n) is 3.45. The number of hydrogen-bond acceptors (Lipinski definition) is 7. The smallest absolute Gasteiger partial charge is 0.176 e. The van der Waals surface area contributed by atoms with Crippen molar-refractivity contribution >= 4 is 63.6 Å². The van der Waals surface area contributed by atoms with Crippen LogP contribution in [0.5, 0.6) is 5.75 Å². The van der Waals surface area contributed by atoms with Crippen molar-refractivity contribution in [2.75, 3.05) is 18.7 Å². The quantitative estimate of drug-likeness (QED) is 0.130. The van der Waals surface area contributed by atoms with E-state index in [-0.39, 0.29) is 5.82 Å². The number of nitrogens with one attached hydrogen (secondary N) is 1. The maximum absolute atomic E-state index is 14.8. The Hall–Kier alpha value is -1.82. The zero-order chi connectivity index (χ0) is 24.4. The predicted octanol–water partition coefficient (Wildman–Crippen LogP) is 6.85. The molecule has 0 aliphatic rings. The minimum atomic E-state index is -0.274. The third-order valence-electron chi connectivity index (χ3n) is 5.11. The molecular weight excluding hydrogens is 605 g/mol. The van der Waals surface area contributed by atoms with E-state index < -0.39 is 0 Å². The molecule has 3 heterocycles. The lowest BCUT2D eigenvalue weighted by molar-refractivity contribution is 0.416. The molecule has 12 heteroatoms. The third kappa shape index (κ3) is 5.22. The molecule has 0 spiro atoms. The van der Waals surface area contributed by atoms with Gasteiger partial charge < -0.3 is 10.1 Å². The lowest BCUT2D eigenvalue weighted by atomic mass is 10.0.